The molecule has 2 atom stereocenters. The summed E-state index contributed by atoms with van der Waals surface area (Å²) in [5, 5.41) is 9.24. The Kier molecular flexibility index (Phi) is 5.00. The number of halogens is 3. The molecule has 176 valence electrons. The zero-order chi connectivity index (χ0) is 24.1. The standard InChI is InChI=1S/C23H21F3N6O2/c1-21(12-31-14-30-17-4-3-15(8-27)7-18(17)31)5-2-6-22(11-21)13-32(20(33)34-22)19-28-9-16(10-29-19)23(24,25)26/h3-4,7,9-10,14H,2,5-6,11-13H2,1H3/t21-,22-/m0/s1. The first-order valence-corrected chi connectivity index (χ1v) is 10.8. The molecule has 1 aromatic carbocycles. The number of carbonyl (C=O) groups excluding carboxylic acids is 1. The van der Waals surface area contributed by atoms with Crippen LogP contribution in [0.1, 0.15) is 43.7 Å². The van der Waals surface area contributed by atoms with Crippen molar-refractivity contribution < 1.29 is 22.7 Å². The van der Waals surface area contributed by atoms with Gasteiger partial charge in [-0.25, -0.2) is 24.6 Å². The Bertz CT molecular complexity index is 1300. The molecular weight excluding hydrogens is 449 g/mol. The molecule has 0 radical (unpaired) electrons. The fourth-order valence-electron chi connectivity index (χ4n) is 5.20. The normalized spacial score (nSPS) is 25.0. The van der Waals surface area contributed by atoms with Gasteiger partial charge >= 0.3 is 12.3 Å². The predicted molar refractivity (Wildman–Crippen MR) is 115 cm³/mol. The minimum Gasteiger partial charge on any atom is -0.441 e. The van der Waals surface area contributed by atoms with Crippen molar-refractivity contribution in [2.24, 2.45) is 5.41 Å². The molecule has 1 spiro atoms. The number of fused-ring (bicyclic) bond motifs is 1. The van der Waals surface area contributed by atoms with Gasteiger partial charge in [0, 0.05) is 18.9 Å². The molecule has 1 saturated carbocycles. The van der Waals surface area contributed by atoms with E-state index in [2.05, 4.69) is 27.9 Å². The van der Waals surface area contributed by atoms with E-state index in [1.807, 2.05) is 16.7 Å². The maximum Gasteiger partial charge on any atom is 0.419 e. The van der Waals surface area contributed by atoms with Crippen LogP contribution in [0, 0.1) is 16.7 Å². The van der Waals surface area contributed by atoms with E-state index in [1.54, 1.807) is 12.4 Å². The molecule has 1 aliphatic heterocycles. The first-order valence-electron chi connectivity index (χ1n) is 10.8. The number of aromatic nitrogens is 4. The zero-order valence-electron chi connectivity index (χ0n) is 18.3. The molecule has 1 saturated heterocycles. The van der Waals surface area contributed by atoms with Crippen LogP contribution in [0.3, 0.4) is 0 Å². The van der Waals surface area contributed by atoms with E-state index in [9.17, 15) is 23.2 Å². The van der Waals surface area contributed by atoms with Gasteiger partial charge < -0.3 is 9.30 Å². The van der Waals surface area contributed by atoms with Crippen molar-refractivity contribution in [3.8, 4) is 6.07 Å². The minimum absolute atomic E-state index is 0.105. The van der Waals surface area contributed by atoms with E-state index < -0.39 is 23.4 Å². The third-order valence-corrected chi connectivity index (χ3v) is 6.64. The Labute approximate surface area is 193 Å². The van der Waals surface area contributed by atoms with E-state index in [1.165, 1.54) is 4.90 Å². The van der Waals surface area contributed by atoms with E-state index >= 15 is 0 Å². The summed E-state index contributed by atoms with van der Waals surface area (Å²) in [4.78, 5) is 25.8. The summed E-state index contributed by atoms with van der Waals surface area (Å²) in [5.74, 6) is -0.105. The molecule has 2 aliphatic rings. The molecule has 0 bridgehead atoms. The number of rotatable bonds is 3. The summed E-state index contributed by atoms with van der Waals surface area (Å²) in [6, 6.07) is 7.50. The minimum atomic E-state index is -4.55. The van der Waals surface area contributed by atoms with Gasteiger partial charge in [-0.15, -0.1) is 0 Å². The molecule has 0 N–H and O–H groups in total. The number of alkyl halides is 3. The molecule has 34 heavy (non-hydrogen) atoms. The predicted octanol–water partition coefficient (Wildman–Crippen LogP) is 4.69. The van der Waals surface area contributed by atoms with Crippen molar-refractivity contribution in [3.63, 3.8) is 0 Å². The fourth-order valence-corrected chi connectivity index (χ4v) is 5.20. The molecule has 0 unspecified atom stereocenters. The summed E-state index contributed by atoms with van der Waals surface area (Å²) >= 11 is 0. The maximum atomic E-state index is 12.8. The second-order valence-electron chi connectivity index (χ2n) is 9.44. The lowest BCUT2D eigenvalue weighted by Gasteiger charge is -2.43. The van der Waals surface area contributed by atoms with Crippen LogP contribution >= 0.6 is 0 Å². The highest BCUT2D eigenvalue weighted by atomic mass is 19.4. The van der Waals surface area contributed by atoms with Gasteiger partial charge in [0.1, 0.15) is 5.60 Å². The van der Waals surface area contributed by atoms with Crippen LogP contribution in [-0.4, -0.2) is 37.8 Å². The van der Waals surface area contributed by atoms with E-state index in [0.717, 1.165) is 23.9 Å². The topological polar surface area (TPSA) is 96.9 Å². The highest BCUT2D eigenvalue weighted by Crippen LogP contribution is 2.47. The Balaban J connectivity index is 1.36. The quantitative estimate of drug-likeness (QED) is 0.551. The molecule has 1 amide bonds. The van der Waals surface area contributed by atoms with Gasteiger partial charge in [0.05, 0.1) is 41.1 Å². The number of amides is 1. The van der Waals surface area contributed by atoms with Gasteiger partial charge in [0.15, 0.2) is 0 Å². The van der Waals surface area contributed by atoms with Crippen molar-refractivity contribution in [1.82, 2.24) is 19.5 Å². The number of benzene rings is 1. The Morgan fingerprint density at radius 2 is 1.97 bits per heavy atom. The van der Waals surface area contributed by atoms with Gasteiger partial charge in [-0.1, -0.05) is 6.92 Å². The second-order valence-corrected chi connectivity index (χ2v) is 9.44. The van der Waals surface area contributed by atoms with Crippen LogP contribution in [-0.2, 0) is 17.5 Å². The number of ether oxygens (including phenoxy) is 1. The molecule has 11 heteroatoms. The van der Waals surface area contributed by atoms with E-state index in [0.29, 0.717) is 37.3 Å². The molecule has 1 aliphatic carbocycles. The summed E-state index contributed by atoms with van der Waals surface area (Å²) in [5.41, 5.74) is 0.234. The lowest BCUT2D eigenvalue weighted by molar-refractivity contribution is -0.138. The Morgan fingerprint density at radius 1 is 1.21 bits per heavy atom. The summed E-state index contributed by atoms with van der Waals surface area (Å²) in [7, 11) is 0. The summed E-state index contributed by atoms with van der Waals surface area (Å²) in [6.07, 6.45) is 0.827. The molecule has 2 fully saturated rings. The average molecular weight is 470 g/mol. The average Bonchev–Trinajstić information content (AvgIpc) is 3.32. The number of nitriles is 1. The number of hydrogen-bond acceptors (Lipinski definition) is 6. The van der Waals surface area contributed by atoms with Crippen LogP contribution < -0.4 is 4.90 Å². The van der Waals surface area contributed by atoms with Gasteiger partial charge in [-0.05, 0) is 49.3 Å². The maximum absolute atomic E-state index is 12.8. The molecule has 3 heterocycles. The SMILES string of the molecule is C[C@]1(Cn2cnc3ccc(C#N)cc32)CCC[C@@]2(CN(c3ncc(C(F)(F)F)cn3)C(=O)O2)C1. The highest BCUT2D eigenvalue weighted by molar-refractivity contribution is 5.88. The molecule has 2 aromatic heterocycles. The molecule has 5 rings (SSSR count). The molecular formula is C23H21F3N6O2. The number of nitrogens with zero attached hydrogens (tertiary/aromatic N) is 6. The molecule has 8 nitrogen and oxygen atoms in total. The third-order valence-electron chi connectivity index (χ3n) is 6.64. The van der Waals surface area contributed by atoms with Gasteiger partial charge in [-0.3, -0.25) is 0 Å². The Morgan fingerprint density at radius 3 is 2.68 bits per heavy atom. The zero-order valence-corrected chi connectivity index (χ0v) is 18.3. The van der Waals surface area contributed by atoms with Gasteiger partial charge in [0.25, 0.3) is 0 Å². The van der Waals surface area contributed by atoms with Crippen LogP contribution in [0.4, 0.5) is 23.9 Å². The van der Waals surface area contributed by atoms with Crippen molar-refractivity contribution in [2.75, 3.05) is 11.4 Å². The smallest absolute Gasteiger partial charge is 0.419 e. The van der Waals surface area contributed by atoms with Crippen LogP contribution in [0.2, 0.25) is 0 Å². The van der Waals surface area contributed by atoms with E-state index in [-0.39, 0.29) is 17.9 Å². The monoisotopic (exact) mass is 470 g/mol. The fraction of sp³-hybridized carbons (Fsp3) is 0.435. The van der Waals surface area contributed by atoms with Crippen LogP contribution in [0.25, 0.3) is 11.0 Å². The highest BCUT2D eigenvalue weighted by Gasteiger charge is 2.52. The van der Waals surface area contributed by atoms with Crippen molar-refractivity contribution >= 4 is 23.1 Å². The lowest BCUT2D eigenvalue weighted by atomic mass is 9.68. The Hall–Kier alpha value is -3.68. The van der Waals surface area contributed by atoms with Crippen molar-refractivity contribution in [3.05, 3.63) is 48.0 Å². The number of hydrogen-bond donors (Lipinski definition) is 0. The van der Waals surface area contributed by atoms with Crippen LogP contribution in [0.5, 0.6) is 0 Å². The van der Waals surface area contributed by atoms with E-state index in [4.69, 9.17) is 4.74 Å². The third kappa shape index (κ3) is 3.93. The largest absolute Gasteiger partial charge is 0.441 e. The van der Waals surface area contributed by atoms with Gasteiger partial charge in [-0.2, -0.15) is 18.4 Å². The van der Waals surface area contributed by atoms with Crippen molar-refractivity contribution in [1.29, 1.82) is 5.26 Å². The molecule has 3 aromatic rings. The summed E-state index contributed by atoms with van der Waals surface area (Å²) < 4.78 is 46.3. The van der Waals surface area contributed by atoms with Crippen LogP contribution in [0.15, 0.2) is 36.9 Å². The van der Waals surface area contributed by atoms with Gasteiger partial charge in [0.2, 0.25) is 5.95 Å². The first kappa shape index (κ1) is 22.1. The lowest BCUT2D eigenvalue weighted by Crippen LogP contribution is -2.45. The second kappa shape index (κ2) is 7.68. The number of carbonyl (C=O) groups is 1. The summed E-state index contributed by atoms with van der Waals surface area (Å²) in [6.45, 7) is 2.92. The van der Waals surface area contributed by atoms with Crippen molar-refractivity contribution in [2.45, 2.75) is 50.9 Å². The number of anilines is 1. The first-order chi connectivity index (χ1) is 16.1. The number of imidazole rings is 1.